The van der Waals surface area contributed by atoms with Gasteiger partial charge in [-0.05, 0) is 24.5 Å². The molecule has 1 aromatic rings. The molecule has 6 nitrogen and oxygen atoms in total. The second-order valence-electron chi connectivity index (χ2n) is 6.76. The average Bonchev–Trinajstić information content (AvgIpc) is 2.55. The van der Waals surface area contributed by atoms with Crippen LogP contribution in [0.4, 0.5) is 4.79 Å². The third-order valence-electron chi connectivity index (χ3n) is 4.61. The molecule has 0 unspecified atom stereocenters. The molecule has 0 aromatic heterocycles. The van der Waals surface area contributed by atoms with Crippen LogP contribution in [-0.4, -0.2) is 38.9 Å². The van der Waals surface area contributed by atoms with Crippen LogP contribution in [-0.2, 0) is 16.6 Å². The molecule has 0 spiro atoms. The van der Waals surface area contributed by atoms with Crippen molar-refractivity contribution < 1.29 is 13.2 Å². The highest BCUT2D eigenvalue weighted by molar-refractivity contribution is 7.89. The SMILES string of the molecule is CN(C)S(=O)(=O)c1ccccc1CNC(=O)NC1CCCCCCC1. The summed E-state index contributed by atoms with van der Waals surface area (Å²) in [7, 11) is -0.528. The number of nitrogens with one attached hydrogen (secondary N) is 2. The van der Waals surface area contributed by atoms with Crippen molar-refractivity contribution in [2.45, 2.75) is 62.4 Å². The summed E-state index contributed by atoms with van der Waals surface area (Å²) in [5, 5.41) is 5.83. The van der Waals surface area contributed by atoms with Crippen LogP contribution in [0.1, 0.15) is 50.5 Å². The molecule has 2 rings (SSSR count). The Kier molecular flexibility index (Phi) is 7.25. The normalized spacial score (nSPS) is 16.9. The Morgan fingerprint density at radius 3 is 2.32 bits per heavy atom. The van der Waals surface area contributed by atoms with Gasteiger partial charge in [0.1, 0.15) is 0 Å². The van der Waals surface area contributed by atoms with E-state index in [1.165, 1.54) is 37.7 Å². The van der Waals surface area contributed by atoms with Crippen LogP contribution in [0.3, 0.4) is 0 Å². The molecule has 7 heteroatoms. The van der Waals surface area contributed by atoms with E-state index in [4.69, 9.17) is 0 Å². The third-order valence-corrected chi connectivity index (χ3v) is 6.53. The lowest BCUT2D eigenvalue weighted by atomic mass is 9.97. The molecule has 1 saturated carbocycles. The quantitative estimate of drug-likeness (QED) is 0.840. The molecule has 140 valence electrons. The molecule has 2 N–H and O–H groups in total. The number of amides is 2. The maximum atomic E-state index is 12.4. The van der Waals surface area contributed by atoms with Crippen molar-refractivity contribution in [3.8, 4) is 0 Å². The second kappa shape index (κ2) is 9.20. The van der Waals surface area contributed by atoms with Gasteiger partial charge in [0, 0.05) is 26.7 Å². The van der Waals surface area contributed by atoms with Crippen molar-refractivity contribution in [3.05, 3.63) is 29.8 Å². The molecule has 0 bridgehead atoms. The largest absolute Gasteiger partial charge is 0.335 e. The first-order valence-electron chi connectivity index (χ1n) is 8.96. The van der Waals surface area contributed by atoms with E-state index in [9.17, 15) is 13.2 Å². The highest BCUT2D eigenvalue weighted by Gasteiger charge is 2.21. The van der Waals surface area contributed by atoms with Crippen LogP contribution in [0.25, 0.3) is 0 Å². The number of sulfonamides is 1. The zero-order valence-electron chi connectivity index (χ0n) is 15.1. The van der Waals surface area contributed by atoms with Gasteiger partial charge >= 0.3 is 6.03 Å². The predicted molar refractivity (Wildman–Crippen MR) is 98.8 cm³/mol. The number of benzene rings is 1. The first-order chi connectivity index (χ1) is 11.9. The summed E-state index contributed by atoms with van der Waals surface area (Å²) in [4.78, 5) is 12.4. The fraction of sp³-hybridized carbons (Fsp3) is 0.611. The Balaban J connectivity index is 1.96. The summed E-state index contributed by atoms with van der Waals surface area (Å²) < 4.78 is 25.9. The summed E-state index contributed by atoms with van der Waals surface area (Å²) in [6.07, 6.45) is 8.07. The van der Waals surface area contributed by atoms with Gasteiger partial charge in [-0.1, -0.05) is 50.3 Å². The van der Waals surface area contributed by atoms with Gasteiger partial charge in [0.15, 0.2) is 0 Å². The monoisotopic (exact) mass is 367 g/mol. The lowest BCUT2D eigenvalue weighted by Crippen LogP contribution is -2.42. The molecule has 1 aliphatic carbocycles. The van der Waals surface area contributed by atoms with Crippen LogP contribution in [0.5, 0.6) is 0 Å². The van der Waals surface area contributed by atoms with E-state index in [1.54, 1.807) is 24.3 Å². The van der Waals surface area contributed by atoms with Crippen molar-refractivity contribution in [2.75, 3.05) is 14.1 Å². The Morgan fingerprint density at radius 1 is 1.08 bits per heavy atom. The fourth-order valence-corrected chi connectivity index (χ4v) is 4.23. The first-order valence-corrected chi connectivity index (χ1v) is 10.4. The minimum Gasteiger partial charge on any atom is -0.335 e. The minimum atomic E-state index is -3.53. The van der Waals surface area contributed by atoms with E-state index in [2.05, 4.69) is 10.6 Å². The summed E-state index contributed by atoms with van der Waals surface area (Å²) in [5.74, 6) is 0. The average molecular weight is 368 g/mol. The van der Waals surface area contributed by atoms with Gasteiger partial charge in [0.25, 0.3) is 0 Å². The van der Waals surface area contributed by atoms with Gasteiger partial charge in [-0.3, -0.25) is 0 Å². The van der Waals surface area contributed by atoms with E-state index in [-0.39, 0.29) is 23.5 Å². The van der Waals surface area contributed by atoms with Crippen molar-refractivity contribution >= 4 is 16.1 Å². The smallest absolute Gasteiger partial charge is 0.315 e. The summed E-state index contributed by atoms with van der Waals surface area (Å²) >= 11 is 0. The molecule has 0 radical (unpaired) electrons. The van der Waals surface area contributed by atoms with E-state index in [0.29, 0.717) is 5.56 Å². The molecule has 0 aliphatic heterocycles. The Morgan fingerprint density at radius 2 is 1.68 bits per heavy atom. The van der Waals surface area contributed by atoms with E-state index in [0.717, 1.165) is 25.7 Å². The molecule has 0 atom stereocenters. The van der Waals surface area contributed by atoms with Crippen LogP contribution in [0, 0.1) is 0 Å². The Labute approximate surface area is 151 Å². The molecule has 1 aliphatic rings. The molecule has 2 amide bonds. The summed E-state index contributed by atoms with van der Waals surface area (Å²) in [5.41, 5.74) is 0.587. The van der Waals surface area contributed by atoms with Crippen molar-refractivity contribution in [1.29, 1.82) is 0 Å². The van der Waals surface area contributed by atoms with Gasteiger partial charge < -0.3 is 10.6 Å². The molecule has 1 fully saturated rings. The van der Waals surface area contributed by atoms with Gasteiger partial charge in [-0.2, -0.15) is 0 Å². The van der Waals surface area contributed by atoms with E-state index in [1.807, 2.05) is 0 Å². The second-order valence-corrected chi connectivity index (χ2v) is 8.88. The van der Waals surface area contributed by atoms with Gasteiger partial charge in [-0.25, -0.2) is 17.5 Å². The third kappa shape index (κ3) is 5.71. The van der Waals surface area contributed by atoms with Crippen LogP contribution in [0.2, 0.25) is 0 Å². The zero-order chi connectivity index (χ0) is 18.3. The Bertz CT molecular complexity index is 666. The highest BCUT2D eigenvalue weighted by Crippen LogP contribution is 2.19. The molecular weight excluding hydrogens is 338 g/mol. The lowest BCUT2D eigenvalue weighted by Gasteiger charge is -2.21. The van der Waals surface area contributed by atoms with Crippen LogP contribution < -0.4 is 10.6 Å². The van der Waals surface area contributed by atoms with E-state index < -0.39 is 10.0 Å². The predicted octanol–water partition coefficient (Wildman–Crippen LogP) is 2.85. The maximum Gasteiger partial charge on any atom is 0.315 e. The molecule has 0 heterocycles. The maximum absolute atomic E-state index is 12.4. The van der Waals surface area contributed by atoms with Crippen LogP contribution >= 0.6 is 0 Å². The number of rotatable bonds is 5. The number of carbonyl (C=O) groups is 1. The number of hydrogen-bond donors (Lipinski definition) is 2. The molecule has 0 saturated heterocycles. The molecular formula is C18H29N3O3S. The molecule has 1 aromatic carbocycles. The van der Waals surface area contributed by atoms with Gasteiger partial charge in [0.05, 0.1) is 4.90 Å². The highest BCUT2D eigenvalue weighted by atomic mass is 32.2. The van der Waals surface area contributed by atoms with Gasteiger partial charge in [0.2, 0.25) is 10.0 Å². The van der Waals surface area contributed by atoms with Crippen molar-refractivity contribution in [3.63, 3.8) is 0 Å². The lowest BCUT2D eigenvalue weighted by molar-refractivity contribution is 0.233. The number of hydrogen-bond acceptors (Lipinski definition) is 3. The van der Waals surface area contributed by atoms with Crippen molar-refractivity contribution in [2.24, 2.45) is 0 Å². The molecule has 25 heavy (non-hydrogen) atoms. The van der Waals surface area contributed by atoms with Crippen molar-refractivity contribution in [1.82, 2.24) is 14.9 Å². The van der Waals surface area contributed by atoms with E-state index >= 15 is 0 Å². The summed E-state index contributed by atoms with van der Waals surface area (Å²) in [6, 6.07) is 6.74. The topological polar surface area (TPSA) is 78.5 Å². The standard InChI is InChI=1S/C18H29N3O3S/c1-21(2)25(23,24)17-13-9-8-10-15(17)14-19-18(22)20-16-11-6-4-3-5-7-12-16/h8-10,13,16H,3-7,11-12,14H2,1-2H3,(H2,19,20,22). The number of nitrogens with zero attached hydrogens (tertiary/aromatic N) is 1. The summed E-state index contributed by atoms with van der Waals surface area (Å²) in [6.45, 7) is 0.182. The minimum absolute atomic E-state index is 0.182. The first kappa shape index (κ1) is 19.7. The van der Waals surface area contributed by atoms with Crippen LogP contribution in [0.15, 0.2) is 29.2 Å². The zero-order valence-corrected chi connectivity index (χ0v) is 15.9. The fourth-order valence-electron chi connectivity index (χ4n) is 3.11. The number of carbonyl (C=O) groups excluding carboxylic acids is 1. The number of urea groups is 1. The van der Waals surface area contributed by atoms with Gasteiger partial charge in [-0.15, -0.1) is 0 Å². The Hall–Kier alpha value is -1.60.